The number of amides is 1. The molecule has 126 valence electrons. The molecule has 0 spiro atoms. The van der Waals surface area contributed by atoms with Crippen LogP contribution in [0.1, 0.15) is 37.7 Å². The van der Waals surface area contributed by atoms with Crippen LogP contribution in [0.5, 0.6) is 0 Å². The average molecular weight is 318 g/mol. The Morgan fingerprint density at radius 2 is 1.83 bits per heavy atom. The van der Waals surface area contributed by atoms with Crippen molar-refractivity contribution in [2.45, 2.75) is 44.2 Å². The predicted molar refractivity (Wildman–Crippen MR) is 89.2 cm³/mol. The Morgan fingerprint density at radius 3 is 2.48 bits per heavy atom. The number of aliphatic hydroxyl groups is 1. The Bertz CT molecular complexity index is 518. The number of ether oxygens (including phenoxy) is 1. The van der Waals surface area contributed by atoms with E-state index in [1.54, 1.807) is 0 Å². The van der Waals surface area contributed by atoms with Crippen molar-refractivity contribution in [2.24, 2.45) is 0 Å². The third kappa shape index (κ3) is 4.77. The maximum atomic E-state index is 12.1. The van der Waals surface area contributed by atoms with Crippen molar-refractivity contribution >= 4 is 11.6 Å². The molecule has 1 saturated heterocycles. The highest BCUT2D eigenvalue weighted by atomic mass is 16.5. The van der Waals surface area contributed by atoms with Crippen LogP contribution in [0.2, 0.25) is 0 Å². The van der Waals surface area contributed by atoms with E-state index in [2.05, 4.69) is 22.3 Å². The molecule has 2 N–H and O–H groups in total. The van der Waals surface area contributed by atoms with Gasteiger partial charge in [-0.1, -0.05) is 25.0 Å². The van der Waals surface area contributed by atoms with E-state index < -0.39 is 5.60 Å². The fourth-order valence-electron chi connectivity index (χ4n) is 3.42. The van der Waals surface area contributed by atoms with Gasteiger partial charge in [-0.05, 0) is 30.5 Å². The molecule has 1 aromatic carbocycles. The van der Waals surface area contributed by atoms with Gasteiger partial charge in [0.1, 0.15) is 0 Å². The van der Waals surface area contributed by atoms with Gasteiger partial charge in [-0.15, -0.1) is 0 Å². The number of morpholine rings is 1. The number of benzene rings is 1. The second kappa shape index (κ2) is 7.43. The molecule has 3 rings (SSSR count). The summed E-state index contributed by atoms with van der Waals surface area (Å²) >= 11 is 0. The molecule has 1 aliphatic heterocycles. The van der Waals surface area contributed by atoms with Crippen LogP contribution < -0.4 is 5.32 Å². The van der Waals surface area contributed by atoms with Crippen molar-refractivity contribution < 1.29 is 14.6 Å². The van der Waals surface area contributed by atoms with Gasteiger partial charge >= 0.3 is 0 Å². The van der Waals surface area contributed by atoms with Crippen LogP contribution in [0.4, 0.5) is 5.69 Å². The zero-order valence-electron chi connectivity index (χ0n) is 13.6. The Kier molecular flexibility index (Phi) is 5.30. The molecule has 1 amide bonds. The monoisotopic (exact) mass is 318 g/mol. The summed E-state index contributed by atoms with van der Waals surface area (Å²) in [6.07, 6.45) is 3.69. The molecule has 5 nitrogen and oxygen atoms in total. The maximum Gasteiger partial charge on any atom is 0.227 e. The Balaban J connectivity index is 1.49. The molecule has 0 radical (unpaired) electrons. The number of hydrogen-bond donors (Lipinski definition) is 2. The summed E-state index contributed by atoms with van der Waals surface area (Å²) in [5, 5.41) is 13.2. The lowest BCUT2D eigenvalue weighted by atomic mass is 9.97. The van der Waals surface area contributed by atoms with E-state index >= 15 is 0 Å². The standard InChI is InChI=1S/C18H26N2O3/c21-17(13-18(22)7-1-2-8-18)19-16-5-3-15(4-6-16)14-20-9-11-23-12-10-20/h3-6,22H,1-2,7-14H2,(H,19,21). The fourth-order valence-corrected chi connectivity index (χ4v) is 3.42. The van der Waals surface area contributed by atoms with Crippen molar-refractivity contribution in [3.8, 4) is 0 Å². The minimum absolute atomic E-state index is 0.102. The third-order valence-corrected chi connectivity index (χ3v) is 4.77. The largest absolute Gasteiger partial charge is 0.389 e. The van der Waals surface area contributed by atoms with Crippen LogP contribution in [-0.2, 0) is 16.1 Å². The van der Waals surface area contributed by atoms with Gasteiger partial charge in [-0.2, -0.15) is 0 Å². The molecule has 1 aliphatic carbocycles. The van der Waals surface area contributed by atoms with Crippen molar-refractivity contribution in [1.82, 2.24) is 4.90 Å². The van der Waals surface area contributed by atoms with Gasteiger partial charge < -0.3 is 15.2 Å². The summed E-state index contributed by atoms with van der Waals surface area (Å²) in [5.41, 5.74) is 1.24. The van der Waals surface area contributed by atoms with E-state index in [0.717, 1.165) is 64.2 Å². The molecule has 1 heterocycles. The molecule has 0 unspecified atom stereocenters. The SMILES string of the molecule is O=C(CC1(O)CCCC1)Nc1ccc(CN2CCOCC2)cc1. The van der Waals surface area contributed by atoms with Gasteiger partial charge in [0.25, 0.3) is 0 Å². The first-order valence-corrected chi connectivity index (χ1v) is 8.54. The number of nitrogens with one attached hydrogen (secondary N) is 1. The quantitative estimate of drug-likeness (QED) is 0.873. The van der Waals surface area contributed by atoms with Crippen LogP contribution in [0.15, 0.2) is 24.3 Å². The molecule has 0 bridgehead atoms. The van der Waals surface area contributed by atoms with Crippen LogP contribution in [0, 0.1) is 0 Å². The molecule has 0 aromatic heterocycles. The summed E-state index contributed by atoms with van der Waals surface area (Å²) in [4.78, 5) is 14.4. The normalized spacial score (nSPS) is 21.3. The van der Waals surface area contributed by atoms with Crippen molar-refractivity contribution in [2.75, 3.05) is 31.6 Å². The Labute approximate surface area is 137 Å². The summed E-state index contributed by atoms with van der Waals surface area (Å²) in [6.45, 7) is 4.46. The Hall–Kier alpha value is -1.43. The van der Waals surface area contributed by atoms with Crippen LogP contribution >= 0.6 is 0 Å². The van der Waals surface area contributed by atoms with E-state index in [-0.39, 0.29) is 12.3 Å². The first-order valence-electron chi connectivity index (χ1n) is 8.54. The van der Waals surface area contributed by atoms with Crippen LogP contribution in [-0.4, -0.2) is 47.8 Å². The zero-order chi connectivity index (χ0) is 16.1. The molecule has 2 fully saturated rings. The van der Waals surface area contributed by atoms with Crippen molar-refractivity contribution in [1.29, 1.82) is 0 Å². The third-order valence-electron chi connectivity index (χ3n) is 4.77. The van der Waals surface area contributed by atoms with Crippen LogP contribution in [0.3, 0.4) is 0 Å². The lowest BCUT2D eigenvalue weighted by Crippen LogP contribution is -2.35. The zero-order valence-corrected chi connectivity index (χ0v) is 13.6. The van der Waals surface area contributed by atoms with Crippen LogP contribution in [0.25, 0.3) is 0 Å². The number of carbonyl (C=O) groups excluding carboxylic acids is 1. The van der Waals surface area contributed by atoms with Gasteiger partial charge in [0.2, 0.25) is 5.91 Å². The van der Waals surface area contributed by atoms with E-state index in [0.29, 0.717) is 0 Å². The highest BCUT2D eigenvalue weighted by molar-refractivity contribution is 5.91. The minimum atomic E-state index is -0.791. The van der Waals surface area contributed by atoms with Gasteiger partial charge in [-0.3, -0.25) is 9.69 Å². The van der Waals surface area contributed by atoms with Gasteiger partial charge in [0.05, 0.1) is 25.2 Å². The smallest absolute Gasteiger partial charge is 0.227 e. The summed E-state index contributed by atoms with van der Waals surface area (Å²) in [7, 11) is 0. The second-order valence-corrected chi connectivity index (χ2v) is 6.74. The molecular formula is C18H26N2O3. The van der Waals surface area contributed by atoms with Crippen molar-refractivity contribution in [3.05, 3.63) is 29.8 Å². The fraction of sp³-hybridized carbons (Fsp3) is 0.611. The maximum absolute atomic E-state index is 12.1. The van der Waals surface area contributed by atoms with E-state index in [4.69, 9.17) is 4.74 Å². The Morgan fingerprint density at radius 1 is 1.17 bits per heavy atom. The lowest BCUT2D eigenvalue weighted by molar-refractivity contribution is -0.120. The number of hydrogen-bond acceptors (Lipinski definition) is 4. The molecule has 2 aliphatic rings. The first-order chi connectivity index (χ1) is 11.1. The predicted octanol–water partition coefficient (Wildman–Crippen LogP) is 2.15. The van der Waals surface area contributed by atoms with Gasteiger partial charge in [0, 0.05) is 25.3 Å². The highest BCUT2D eigenvalue weighted by Crippen LogP contribution is 2.32. The number of rotatable bonds is 5. The molecule has 0 atom stereocenters. The topological polar surface area (TPSA) is 61.8 Å². The lowest BCUT2D eigenvalue weighted by Gasteiger charge is -2.26. The molecule has 1 aromatic rings. The molecule has 1 saturated carbocycles. The average Bonchev–Trinajstić information content (AvgIpc) is 2.96. The minimum Gasteiger partial charge on any atom is -0.389 e. The van der Waals surface area contributed by atoms with E-state index in [9.17, 15) is 9.90 Å². The van der Waals surface area contributed by atoms with Gasteiger partial charge in [-0.25, -0.2) is 0 Å². The van der Waals surface area contributed by atoms with Gasteiger partial charge in [0.15, 0.2) is 0 Å². The van der Waals surface area contributed by atoms with Crippen molar-refractivity contribution in [3.63, 3.8) is 0 Å². The molecular weight excluding hydrogens is 292 g/mol. The van der Waals surface area contributed by atoms with E-state index in [1.165, 1.54) is 5.56 Å². The van der Waals surface area contributed by atoms with E-state index in [1.807, 2.05) is 12.1 Å². The summed E-state index contributed by atoms with van der Waals surface area (Å²) in [5.74, 6) is -0.102. The highest BCUT2D eigenvalue weighted by Gasteiger charge is 2.33. The number of carbonyl (C=O) groups is 1. The molecule has 23 heavy (non-hydrogen) atoms. The molecule has 5 heteroatoms. The first kappa shape index (κ1) is 16.4. The number of nitrogens with zero attached hydrogens (tertiary/aromatic N) is 1. The summed E-state index contributed by atoms with van der Waals surface area (Å²) in [6, 6.07) is 7.98. The second-order valence-electron chi connectivity index (χ2n) is 6.74. The summed E-state index contributed by atoms with van der Waals surface area (Å²) < 4.78 is 5.35. The number of anilines is 1.